The van der Waals surface area contributed by atoms with Crippen LogP contribution in [-0.4, -0.2) is 57.5 Å². The molecule has 0 radical (unpaired) electrons. The van der Waals surface area contributed by atoms with Gasteiger partial charge in [0.05, 0.1) is 6.54 Å². The second kappa shape index (κ2) is 11.8. The predicted molar refractivity (Wildman–Crippen MR) is 135 cm³/mol. The maximum Gasteiger partial charge on any atom is 0.303 e. The van der Waals surface area contributed by atoms with Crippen molar-refractivity contribution in [2.45, 2.75) is 57.2 Å². The first-order chi connectivity index (χ1) is 16.9. The highest BCUT2D eigenvalue weighted by Crippen LogP contribution is 2.41. The predicted octanol–water partition coefficient (Wildman–Crippen LogP) is 4.69. The second-order valence-corrected chi connectivity index (χ2v) is 10.4. The van der Waals surface area contributed by atoms with Gasteiger partial charge in [0.1, 0.15) is 0 Å². The number of rotatable bonds is 8. The molecular weight excluding hydrogens is 442 g/mol. The van der Waals surface area contributed by atoms with Crippen molar-refractivity contribution in [2.75, 3.05) is 26.2 Å². The Bertz CT molecular complexity index is 963. The van der Waals surface area contributed by atoms with Gasteiger partial charge in [-0.25, -0.2) is 0 Å². The highest BCUT2D eigenvalue weighted by atomic mass is 16.6. The lowest BCUT2D eigenvalue weighted by Gasteiger charge is -2.43. The van der Waals surface area contributed by atoms with Crippen molar-refractivity contribution < 1.29 is 14.8 Å². The van der Waals surface area contributed by atoms with Gasteiger partial charge in [0.2, 0.25) is 5.54 Å². The third-order valence-corrected chi connectivity index (χ3v) is 8.02. The Morgan fingerprint density at radius 1 is 0.886 bits per heavy atom. The van der Waals surface area contributed by atoms with Gasteiger partial charge < -0.3 is 5.11 Å². The molecule has 0 amide bonds. The third kappa shape index (κ3) is 6.67. The van der Waals surface area contributed by atoms with E-state index in [-0.39, 0.29) is 23.2 Å². The molecular formula is C28H37N3O4. The van der Waals surface area contributed by atoms with Gasteiger partial charge in [0.15, 0.2) is 0 Å². The standard InChI is InChI=1S/C28H37N3O4/c32-27(33)19-23-11-13-26(14-12-23)28(31(34)35)15-16-29(20-24-7-3-1-4-8-24)17-18-30(22-28)21-25-9-5-2-6-10-25/h1-10,23,26H,11-22H2,(H,32,33)/t23?,26?,28-/m1/s1. The summed E-state index contributed by atoms with van der Waals surface area (Å²) in [6.07, 6.45) is 3.68. The fourth-order valence-electron chi connectivity index (χ4n) is 6.05. The van der Waals surface area contributed by atoms with Crippen LogP contribution < -0.4 is 0 Å². The van der Waals surface area contributed by atoms with Crippen molar-refractivity contribution in [3.8, 4) is 0 Å². The van der Waals surface area contributed by atoms with Gasteiger partial charge in [-0.05, 0) is 42.7 Å². The molecule has 0 spiro atoms. The number of nitrogens with zero attached hydrogens (tertiary/aromatic N) is 3. The molecule has 0 bridgehead atoms. The van der Waals surface area contributed by atoms with Crippen molar-refractivity contribution in [1.82, 2.24) is 9.80 Å². The van der Waals surface area contributed by atoms with Gasteiger partial charge in [0, 0.05) is 56.4 Å². The quantitative estimate of drug-likeness (QED) is 0.437. The van der Waals surface area contributed by atoms with Crippen molar-refractivity contribution in [2.24, 2.45) is 11.8 Å². The molecule has 1 heterocycles. The van der Waals surface area contributed by atoms with Crippen LogP contribution in [0.3, 0.4) is 0 Å². The van der Waals surface area contributed by atoms with Gasteiger partial charge in [-0.3, -0.25) is 24.7 Å². The number of benzene rings is 2. The van der Waals surface area contributed by atoms with Crippen LogP contribution in [0.1, 0.15) is 49.7 Å². The summed E-state index contributed by atoms with van der Waals surface area (Å²) in [5.41, 5.74) is 1.38. The first kappa shape index (κ1) is 25.3. The number of carbonyl (C=O) groups is 1. The number of carboxylic acids is 1. The van der Waals surface area contributed by atoms with E-state index in [0.29, 0.717) is 26.1 Å². The molecule has 1 saturated heterocycles. The Kier molecular flexibility index (Phi) is 8.52. The minimum absolute atomic E-state index is 0.0131. The summed E-state index contributed by atoms with van der Waals surface area (Å²) in [6.45, 7) is 4.29. The first-order valence-corrected chi connectivity index (χ1v) is 12.8. The Hall–Kier alpha value is -2.77. The molecule has 0 aromatic heterocycles. The summed E-state index contributed by atoms with van der Waals surface area (Å²) in [4.78, 5) is 28.7. The Balaban J connectivity index is 1.56. The minimum Gasteiger partial charge on any atom is -0.481 e. The van der Waals surface area contributed by atoms with Crippen LogP contribution in [-0.2, 0) is 17.9 Å². The Labute approximate surface area is 207 Å². The fraction of sp³-hybridized carbons (Fsp3) is 0.536. The second-order valence-electron chi connectivity index (χ2n) is 10.4. The Morgan fingerprint density at radius 2 is 1.43 bits per heavy atom. The van der Waals surface area contributed by atoms with Crippen LogP contribution >= 0.6 is 0 Å². The van der Waals surface area contributed by atoms with Crippen molar-refractivity contribution in [3.05, 3.63) is 81.9 Å². The maximum absolute atomic E-state index is 12.8. The molecule has 0 unspecified atom stereocenters. The normalized spacial score (nSPS) is 26.5. The number of aliphatic carboxylic acids is 1. The molecule has 2 aromatic rings. The molecule has 1 saturated carbocycles. The molecule has 188 valence electrons. The topological polar surface area (TPSA) is 86.9 Å². The third-order valence-electron chi connectivity index (χ3n) is 8.02. The molecule has 2 fully saturated rings. The molecule has 2 aliphatic rings. The first-order valence-electron chi connectivity index (χ1n) is 12.8. The van der Waals surface area contributed by atoms with Crippen molar-refractivity contribution >= 4 is 5.97 Å². The van der Waals surface area contributed by atoms with E-state index in [4.69, 9.17) is 0 Å². The highest BCUT2D eigenvalue weighted by Gasteiger charge is 2.52. The van der Waals surface area contributed by atoms with Gasteiger partial charge in [-0.15, -0.1) is 0 Å². The largest absolute Gasteiger partial charge is 0.481 e. The lowest BCUT2D eigenvalue weighted by atomic mass is 9.69. The van der Waals surface area contributed by atoms with E-state index in [1.54, 1.807) is 0 Å². The van der Waals surface area contributed by atoms with E-state index in [1.165, 1.54) is 11.1 Å². The summed E-state index contributed by atoms with van der Waals surface area (Å²) < 4.78 is 0. The van der Waals surface area contributed by atoms with E-state index >= 15 is 0 Å². The molecule has 1 aliphatic carbocycles. The molecule has 1 N–H and O–H groups in total. The van der Waals surface area contributed by atoms with Crippen LogP contribution in [0.5, 0.6) is 0 Å². The molecule has 2 aromatic carbocycles. The van der Waals surface area contributed by atoms with Gasteiger partial charge >= 0.3 is 5.97 Å². The van der Waals surface area contributed by atoms with E-state index < -0.39 is 11.5 Å². The van der Waals surface area contributed by atoms with E-state index in [0.717, 1.165) is 45.3 Å². The Morgan fingerprint density at radius 3 is 1.97 bits per heavy atom. The zero-order valence-corrected chi connectivity index (χ0v) is 20.4. The van der Waals surface area contributed by atoms with E-state index in [1.807, 2.05) is 36.4 Å². The summed E-state index contributed by atoms with van der Waals surface area (Å²) >= 11 is 0. The minimum atomic E-state index is -1.02. The fourth-order valence-corrected chi connectivity index (χ4v) is 6.05. The average Bonchev–Trinajstić information content (AvgIpc) is 2.84. The van der Waals surface area contributed by atoms with Gasteiger partial charge in [-0.2, -0.15) is 0 Å². The average molecular weight is 480 g/mol. The smallest absolute Gasteiger partial charge is 0.303 e. The summed E-state index contributed by atoms with van der Waals surface area (Å²) in [5, 5.41) is 22.0. The molecule has 1 aliphatic heterocycles. The number of carboxylic acid groups (broad SMARTS) is 1. The number of nitro groups is 1. The van der Waals surface area contributed by atoms with Crippen LogP contribution in [0, 0.1) is 22.0 Å². The molecule has 35 heavy (non-hydrogen) atoms. The summed E-state index contributed by atoms with van der Waals surface area (Å²) in [6, 6.07) is 20.5. The summed E-state index contributed by atoms with van der Waals surface area (Å²) in [5.74, 6) is -0.664. The van der Waals surface area contributed by atoms with Crippen LogP contribution in [0.25, 0.3) is 0 Å². The van der Waals surface area contributed by atoms with Crippen molar-refractivity contribution in [3.63, 3.8) is 0 Å². The molecule has 1 atom stereocenters. The van der Waals surface area contributed by atoms with Crippen LogP contribution in [0.4, 0.5) is 0 Å². The molecule has 7 heteroatoms. The number of hydrogen-bond donors (Lipinski definition) is 1. The lowest BCUT2D eigenvalue weighted by molar-refractivity contribution is -0.585. The lowest BCUT2D eigenvalue weighted by Crippen LogP contribution is -2.58. The summed E-state index contributed by atoms with van der Waals surface area (Å²) in [7, 11) is 0. The van der Waals surface area contributed by atoms with Crippen molar-refractivity contribution in [1.29, 1.82) is 0 Å². The monoisotopic (exact) mass is 479 g/mol. The van der Waals surface area contributed by atoms with E-state index in [9.17, 15) is 20.0 Å². The van der Waals surface area contributed by atoms with Crippen LogP contribution in [0.15, 0.2) is 60.7 Å². The van der Waals surface area contributed by atoms with Gasteiger partial charge in [0.25, 0.3) is 0 Å². The van der Waals surface area contributed by atoms with E-state index in [2.05, 4.69) is 34.1 Å². The molecule has 7 nitrogen and oxygen atoms in total. The molecule has 4 rings (SSSR count). The van der Waals surface area contributed by atoms with Gasteiger partial charge in [-0.1, -0.05) is 60.7 Å². The highest BCUT2D eigenvalue weighted by molar-refractivity contribution is 5.67. The zero-order valence-electron chi connectivity index (χ0n) is 20.4. The SMILES string of the molecule is O=C(O)CC1CCC([C@@]2([N+](=O)[O-])CCN(Cc3ccccc3)CCN(Cc3ccccc3)C2)CC1. The number of hydrogen-bond acceptors (Lipinski definition) is 5. The maximum atomic E-state index is 12.8. The van der Waals surface area contributed by atoms with Crippen LogP contribution in [0.2, 0.25) is 0 Å². The zero-order chi connectivity index (χ0) is 24.7.